The third-order valence-corrected chi connectivity index (χ3v) is 7.08. The Morgan fingerprint density at radius 2 is 1.52 bits per heavy atom. The van der Waals surface area contributed by atoms with Gasteiger partial charge in [-0.3, -0.25) is 15.3 Å². The van der Waals surface area contributed by atoms with Crippen molar-refractivity contribution in [3.63, 3.8) is 0 Å². The predicted octanol–water partition coefficient (Wildman–Crippen LogP) is 4.02. The lowest BCUT2D eigenvalue weighted by Crippen LogP contribution is -2.49. The van der Waals surface area contributed by atoms with Crippen LogP contribution in [0.3, 0.4) is 0 Å². The van der Waals surface area contributed by atoms with Gasteiger partial charge in [-0.15, -0.1) is 0 Å². The van der Waals surface area contributed by atoms with Crippen molar-refractivity contribution in [2.45, 2.75) is 6.54 Å². The molecule has 11 heteroatoms. The number of fused-ring (bicyclic) bond motifs is 1. The summed E-state index contributed by atoms with van der Waals surface area (Å²) < 4.78 is 33.3. The quantitative estimate of drug-likeness (QED) is 0.280. The van der Waals surface area contributed by atoms with Gasteiger partial charge in [-0.25, -0.2) is 13.6 Å². The highest BCUT2D eigenvalue weighted by Crippen LogP contribution is 2.33. The third kappa shape index (κ3) is 5.41. The lowest BCUT2D eigenvalue weighted by molar-refractivity contribution is 0.0512. The lowest BCUT2D eigenvalue weighted by Gasteiger charge is -2.37. The molecule has 0 aliphatic carbocycles. The number of pyridine rings is 1. The van der Waals surface area contributed by atoms with Crippen molar-refractivity contribution in [3.05, 3.63) is 110 Å². The molecule has 1 aliphatic rings. The van der Waals surface area contributed by atoms with Gasteiger partial charge in [0, 0.05) is 42.2 Å². The molecule has 0 atom stereocenters. The minimum absolute atomic E-state index is 0.0698. The van der Waals surface area contributed by atoms with Crippen LogP contribution in [0.5, 0.6) is 0 Å². The van der Waals surface area contributed by atoms with E-state index in [2.05, 4.69) is 0 Å². The van der Waals surface area contributed by atoms with Crippen LogP contribution in [0, 0.1) is 11.6 Å². The van der Waals surface area contributed by atoms with Crippen LogP contribution in [0.2, 0.25) is 5.02 Å². The first-order chi connectivity index (χ1) is 19.3. The Kier molecular flexibility index (Phi) is 7.81. The summed E-state index contributed by atoms with van der Waals surface area (Å²) in [5.41, 5.74) is 6.55. The predicted molar refractivity (Wildman–Crippen MR) is 148 cm³/mol. The summed E-state index contributed by atoms with van der Waals surface area (Å²) in [7, 11) is 0. The maximum absolute atomic E-state index is 13.9. The number of aromatic nitrogens is 1. The van der Waals surface area contributed by atoms with Crippen LogP contribution < -0.4 is 16.2 Å². The maximum atomic E-state index is 13.9. The molecule has 1 aliphatic heterocycles. The zero-order chi connectivity index (χ0) is 28.4. The monoisotopic (exact) mass is 566 g/mol. The van der Waals surface area contributed by atoms with Gasteiger partial charge < -0.3 is 19.1 Å². The standard InChI is InChI=1S/C29H25ClF2N4O4/c30-20-5-10-24-23(15-20)26(34-11-13-35(14-12-34)27(37)19-3-8-22(32)9-4-19)25(29(39)40-17-33)28(38)36(24)16-18-1-6-21(31)7-2-18/h1-10,15H,11-14,16-17,33H2. The van der Waals surface area contributed by atoms with E-state index in [1.54, 1.807) is 35.2 Å². The van der Waals surface area contributed by atoms with Gasteiger partial charge in [0.05, 0.1) is 17.7 Å². The Balaban J connectivity index is 1.57. The molecule has 8 nitrogen and oxygen atoms in total. The maximum Gasteiger partial charge on any atom is 0.347 e. The van der Waals surface area contributed by atoms with Crippen LogP contribution in [0.1, 0.15) is 26.3 Å². The molecule has 1 fully saturated rings. The number of piperazine rings is 1. The molecule has 0 spiro atoms. The Bertz CT molecular complexity index is 1630. The van der Waals surface area contributed by atoms with Gasteiger partial charge in [0.25, 0.3) is 11.5 Å². The molecule has 3 aromatic carbocycles. The first-order valence-corrected chi connectivity index (χ1v) is 12.9. The Morgan fingerprint density at radius 1 is 0.900 bits per heavy atom. The molecule has 1 amide bonds. The molecule has 0 radical (unpaired) electrons. The van der Waals surface area contributed by atoms with Crippen molar-refractivity contribution in [2.75, 3.05) is 37.8 Å². The van der Waals surface area contributed by atoms with Gasteiger partial charge in [-0.1, -0.05) is 23.7 Å². The van der Waals surface area contributed by atoms with Crippen molar-refractivity contribution < 1.29 is 23.1 Å². The van der Waals surface area contributed by atoms with E-state index in [0.717, 1.165) is 0 Å². The Morgan fingerprint density at radius 3 is 2.15 bits per heavy atom. The largest absolute Gasteiger partial charge is 0.446 e. The second-order valence-electron chi connectivity index (χ2n) is 9.29. The van der Waals surface area contributed by atoms with Crippen molar-refractivity contribution in [1.82, 2.24) is 9.47 Å². The van der Waals surface area contributed by atoms with Crippen molar-refractivity contribution in [1.29, 1.82) is 0 Å². The van der Waals surface area contributed by atoms with Crippen LogP contribution in [-0.4, -0.2) is 54.3 Å². The minimum atomic E-state index is -0.887. The highest BCUT2D eigenvalue weighted by Gasteiger charge is 2.30. The van der Waals surface area contributed by atoms with Gasteiger partial charge >= 0.3 is 5.97 Å². The number of benzene rings is 3. The Hall–Kier alpha value is -4.28. The topological polar surface area (TPSA) is 97.9 Å². The normalized spacial score (nSPS) is 13.5. The van der Waals surface area contributed by atoms with Gasteiger partial charge in [0.2, 0.25) is 0 Å². The number of hydrogen-bond acceptors (Lipinski definition) is 6. The summed E-state index contributed by atoms with van der Waals surface area (Å²) in [5, 5.41) is 0.931. The fraction of sp³-hybridized carbons (Fsp3) is 0.207. The molecule has 5 rings (SSSR count). The number of nitrogens with two attached hydrogens (primary N) is 1. The minimum Gasteiger partial charge on any atom is -0.446 e. The van der Waals surface area contributed by atoms with Gasteiger partial charge in [0.1, 0.15) is 23.9 Å². The highest BCUT2D eigenvalue weighted by atomic mass is 35.5. The second kappa shape index (κ2) is 11.4. The van der Waals surface area contributed by atoms with E-state index in [1.165, 1.54) is 41.0 Å². The van der Waals surface area contributed by atoms with Crippen LogP contribution in [-0.2, 0) is 11.3 Å². The molecule has 206 valence electrons. The number of esters is 1. The number of ether oxygens (including phenoxy) is 1. The van der Waals surface area contributed by atoms with E-state index < -0.39 is 29.9 Å². The average molecular weight is 567 g/mol. The second-order valence-corrected chi connectivity index (χ2v) is 9.72. The van der Waals surface area contributed by atoms with Crippen LogP contribution in [0.15, 0.2) is 71.5 Å². The van der Waals surface area contributed by atoms with Gasteiger partial charge in [0.15, 0.2) is 0 Å². The van der Waals surface area contributed by atoms with Crippen molar-refractivity contribution >= 4 is 40.1 Å². The zero-order valence-electron chi connectivity index (χ0n) is 21.3. The first-order valence-electron chi connectivity index (χ1n) is 12.5. The molecule has 2 N–H and O–H groups in total. The number of anilines is 1. The molecule has 1 saturated heterocycles. The fourth-order valence-electron chi connectivity index (χ4n) is 4.91. The summed E-state index contributed by atoms with van der Waals surface area (Å²) in [6.07, 6.45) is 0. The molecular weight excluding hydrogens is 542 g/mol. The van der Waals surface area contributed by atoms with E-state index in [9.17, 15) is 23.2 Å². The molecule has 2 heterocycles. The molecule has 0 unspecified atom stereocenters. The molecule has 0 saturated carbocycles. The molecular formula is C29H25ClF2N4O4. The number of nitrogens with zero attached hydrogens (tertiary/aromatic N) is 3. The molecule has 0 bridgehead atoms. The number of carbonyl (C=O) groups excluding carboxylic acids is 2. The van der Waals surface area contributed by atoms with E-state index >= 15 is 0 Å². The van der Waals surface area contributed by atoms with E-state index in [-0.39, 0.29) is 18.0 Å². The number of amides is 1. The average Bonchev–Trinajstić information content (AvgIpc) is 2.95. The molecule has 1 aromatic heterocycles. The van der Waals surface area contributed by atoms with E-state index in [1.807, 2.05) is 4.90 Å². The van der Waals surface area contributed by atoms with Crippen LogP contribution in [0.4, 0.5) is 14.5 Å². The van der Waals surface area contributed by atoms with Gasteiger partial charge in [-0.2, -0.15) is 0 Å². The molecule has 40 heavy (non-hydrogen) atoms. The Labute approximate surface area is 233 Å². The van der Waals surface area contributed by atoms with Crippen molar-refractivity contribution in [2.24, 2.45) is 5.73 Å². The smallest absolute Gasteiger partial charge is 0.347 e. The number of carbonyl (C=O) groups is 2. The number of hydrogen-bond donors (Lipinski definition) is 1. The SMILES string of the molecule is NCOC(=O)c1c(N2CCN(C(=O)c3ccc(F)cc3)CC2)c2cc(Cl)ccc2n(Cc2ccc(F)cc2)c1=O. The van der Waals surface area contributed by atoms with Crippen molar-refractivity contribution in [3.8, 4) is 0 Å². The number of halogens is 3. The summed E-state index contributed by atoms with van der Waals surface area (Å²) in [6, 6.07) is 16.0. The molecule has 4 aromatic rings. The highest BCUT2D eigenvalue weighted by molar-refractivity contribution is 6.31. The lowest BCUT2D eigenvalue weighted by atomic mass is 10.0. The van der Waals surface area contributed by atoms with E-state index in [4.69, 9.17) is 22.1 Å². The number of rotatable bonds is 6. The summed E-state index contributed by atoms with van der Waals surface area (Å²) >= 11 is 6.37. The fourth-order valence-corrected chi connectivity index (χ4v) is 5.08. The summed E-state index contributed by atoms with van der Waals surface area (Å²) in [4.78, 5) is 43.5. The van der Waals surface area contributed by atoms with Gasteiger partial charge in [-0.05, 0) is 60.2 Å². The summed E-state index contributed by atoms with van der Waals surface area (Å²) in [5.74, 6) is -1.97. The van der Waals surface area contributed by atoms with Crippen LogP contribution >= 0.6 is 11.6 Å². The first kappa shape index (κ1) is 27.3. The van der Waals surface area contributed by atoms with Crippen LogP contribution in [0.25, 0.3) is 10.9 Å². The van der Waals surface area contributed by atoms with E-state index in [0.29, 0.717) is 58.9 Å². The third-order valence-electron chi connectivity index (χ3n) is 6.85. The zero-order valence-corrected chi connectivity index (χ0v) is 22.0. The summed E-state index contributed by atoms with van der Waals surface area (Å²) in [6.45, 7) is 0.839.